The maximum atomic E-state index is 13.0. The van der Waals surface area contributed by atoms with E-state index in [0.29, 0.717) is 18.0 Å². The van der Waals surface area contributed by atoms with E-state index < -0.39 is 10.7 Å². The van der Waals surface area contributed by atoms with Gasteiger partial charge in [-0.1, -0.05) is 18.2 Å². The predicted molar refractivity (Wildman–Crippen MR) is 110 cm³/mol. The number of nitro groups is 1. The Hall–Kier alpha value is -2.42. The third kappa shape index (κ3) is 4.35. The van der Waals surface area contributed by atoms with Crippen molar-refractivity contribution in [1.82, 2.24) is 4.90 Å². The molecule has 0 saturated carbocycles. The van der Waals surface area contributed by atoms with Gasteiger partial charge in [0.05, 0.1) is 15.4 Å². The molecule has 1 fully saturated rings. The van der Waals surface area contributed by atoms with Gasteiger partial charge < -0.3 is 10.6 Å². The van der Waals surface area contributed by atoms with E-state index in [2.05, 4.69) is 0 Å². The summed E-state index contributed by atoms with van der Waals surface area (Å²) in [7, 11) is 0. The maximum Gasteiger partial charge on any atom is 0.283 e. The molecule has 1 amide bonds. The summed E-state index contributed by atoms with van der Waals surface area (Å²) < 4.78 is 0. The lowest BCUT2D eigenvalue weighted by molar-refractivity contribution is -0.387. The number of carbonyl (C=O) groups is 2. The first-order chi connectivity index (χ1) is 12.9. The van der Waals surface area contributed by atoms with Crippen molar-refractivity contribution in [2.75, 3.05) is 19.3 Å². The van der Waals surface area contributed by atoms with Crippen LogP contribution < -0.4 is 5.73 Å². The Morgan fingerprint density at radius 3 is 2.46 bits per heavy atom. The zero-order chi connectivity index (χ0) is 19.6. The summed E-state index contributed by atoms with van der Waals surface area (Å²) in [4.78, 5) is 38.7. The summed E-state index contributed by atoms with van der Waals surface area (Å²) >= 11 is 1.24. The Kier molecular flexibility index (Phi) is 7.17. The molecule has 28 heavy (non-hydrogen) atoms. The highest BCUT2D eigenvalue weighted by molar-refractivity contribution is 7.98. The summed E-state index contributed by atoms with van der Waals surface area (Å²) in [5.41, 5.74) is 6.45. The minimum absolute atomic E-state index is 0. The largest absolute Gasteiger partial charge is 0.337 e. The molecule has 1 atom stereocenters. The van der Waals surface area contributed by atoms with Gasteiger partial charge in [0.1, 0.15) is 0 Å². The highest BCUT2D eigenvalue weighted by Crippen LogP contribution is 2.29. The number of hydrogen-bond acceptors (Lipinski definition) is 6. The summed E-state index contributed by atoms with van der Waals surface area (Å²) in [6.07, 6.45) is 2.46. The van der Waals surface area contributed by atoms with Crippen LogP contribution in [0.5, 0.6) is 0 Å². The Morgan fingerprint density at radius 2 is 1.89 bits per heavy atom. The number of rotatable bonds is 5. The number of nitrogens with two attached hydrogens (primary N) is 1. The first-order valence-electron chi connectivity index (χ1n) is 8.43. The van der Waals surface area contributed by atoms with Gasteiger partial charge in [0.2, 0.25) is 0 Å². The SMILES string of the molecule is CSc1ccc(C(=O)c2ccccc2C(=O)N2CC[C@@H](N)C2)cc1[N+](=O)[O-].Cl. The van der Waals surface area contributed by atoms with Crippen LogP contribution in [-0.2, 0) is 0 Å². The number of halogens is 1. The third-order valence-electron chi connectivity index (χ3n) is 4.55. The fraction of sp³-hybridized carbons (Fsp3) is 0.263. The van der Waals surface area contributed by atoms with Crippen LogP contribution in [0.25, 0.3) is 0 Å². The zero-order valence-corrected chi connectivity index (χ0v) is 16.8. The van der Waals surface area contributed by atoms with Gasteiger partial charge >= 0.3 is 0 Å². The van der Waals surface area contributed by atoms with E-state index >= 15 is 0 Å². The lowest BCUT2D eigenvalue weighted by Crippen LogP contribution is -2.32. The van der Waals surface area contributed by atoms with Crippen molar-refractivity contribution in [3.63, 3.8) is 0 Å². The fourth-order valence-corrected chi connectivity index (χ4v) is 3.69. The van der Waals surface area contributed by atoms with Crippen LogP contribution in [0.1, 0.15) is 32.7 Å². The number of amides is 1. The Balaban J connectivity index is 0.00000280. The summed E-state index contributed by atoms with van der Waals surface area (Å²) in [5, 5.41) is 11.3. The minimum atomic E-state index is -0.509. The number of nitrogens with zero attached hydrogens (tertiary/aromatic N) is 2. The molecule has 2 N–H and O–H groups in total. The van der Waals surface area contributed by atoms with Crippen molar-refractivity contribution < 1.29 is 14.5 Å². The molecule has 1 saturated heterocycles. The van der Waals surface area contributed by atoms with Crippen LogP contribution in [0.2, 0.25) is 0 Å². The number of likely N-dealkylation sites (tertiary alicyclic amines) is 1. The summed E-state index contributed by atoms with van der Waals surface area (Å²) in [6, 6.07) is 10.8. The van der Waals surface area contributed by atoms with Gasteiger partial charge in [-0.3, -0.25) is 19.7 Å². The van der Waals surface area contributed by atoms with E-state index in [4.69, 9.17) is 5.73 Å². The van der Waals surface area contributed by atoms with E-state index in [-0.39, 0.29) is 46.7 Å². The van der Waals surface area contributed by atoms with Gasteiger partial charge in [0.15, 0.2) is 5.78 Å². The Bertz CT molecular complexity index is 922. The number of ketones is 1. The molecule has 0 unspecified atom stereocenters. The smallest absolute Gasteiger partial charge is 0.283 e. The number of hydrogen-bond donors (Lipinski definition) is 1. The van der Waals surface area contributed by atoms with Crippen LogP contribution in [0.3, 0.4) is 0 Å². The number of carbonyl (C=O) groups excluding carboxylic acids is 2. The monoisotopic (exact) mass is 421 g/mol. The Morgan fingerprint density at radius 1 is 1.21 bits per heavy atom. The van der Waals surface area contributed by atoms with E-state index in [0.717, 1.165) is 6.42 Å². The molecule has 1 aliphatic rings. The molecule has 2 aromatic carbocycles. The van der Waals surface area contributed by atoms with Gasteiger partial charge in [-0.15, -0.1) is 24.2 Å². The van der Waals surface area contributed by atoms with Crippen LogP contribution in [0.15, 0.2) is 47.4 Å². The molecule has 1 aliphatic heterocycles. The molecule has 9 heteroatoms. The molecule has 148 valence electrons. The van der Waals surface area contributed by atoms with Crippen molar-refractivity contribution in [3.05, 3.63) is 69.3 Å². The lowest BCUT2D eigenvalue weighted by atomic mass is 9.97. The van der Waals surface area contributed by atoms with Crippen molar-refractivity contribution in [2.24, 2.45) is 5.73 Å². The molecule has 1 heterocycles. The van der Waals surface area contributed by atoms with Crippen molar-refractivity contribution in [2.45, 2.75) is 17.4 Å². The average molecular weight is 422 g/mol. The van der Waals surface area contributed by atoms with Crippen LogP contribution in [0.4, 0.5) is 5.69 Å². The quantitative estimate of drug-likeness (QED) is 0.344. The summed E-state index contributed by atoms with van der Waals surface area (Å²) in [5.74, 6) is -0.666. The maximum absolute atomic E-state index is 13.0. The molecular weight excluding hydrogens is 402 g/mol. The molecular formula is C19H20ClN3O4S. The summed E-state index contributed by atoms with van der Waals surface area (Å²) in [6.45, 7) is 1.01. The minimum Gasteiger partial charge on any atom is -0.337 e. The first-order valence-corrected chi connectivity index (χ1v) is 9.66. The standard InChI is InChI=1S/C19H19N3O4S.ClH/c1-27-17-7-6-12(10-16(17)22(25)26)18(23)14-4-2-3-5-15(14)19(24)21-9-8-13(20)11-21;/h2-7,10,13H,8-9,11,20H2,1H3;1H/t13-;/m1./s1. The van der Waals surface area contributed by atoms with E-state index in [9.17, 15) is 19.7 Å². The molecule has 2 aromatic rings. The van der Waals surface area contributed by atoms with Crippen molar-refractivity contribution in [3.8, 4) is 0 Å². The van der Waals surface area contributed by atoms with Gasteiger partial charge in [-0.05, 0) is 30.9 Å². The molecule has 0 bridgehead atoms. The number of nitro benzene ring substituents is 1. The van der Waals surface area contributed by atoms with Crippen molar-refractivity contribution >= 4 is 41.5 Å². The van der Waals surface area contributed by atoms with Crippen molar-refractivity contribution in [1.29, 1.82) is 0 Å². The number of benzene rings is 2. The number of thioether (sulfide) groups is 1. The van der Waals surface area contributed by atoms with Crippen LogP contribution >= 0.6 is 24.2 Å². The topological polar surface area (TPSA) is 107 Å². The highest BCUT2D eigenvalue weighted by atomic mass is 35.5. The van der Waals surface area contributed by atoms with E-state index in [1.807, 2.05) is 0 Å². The van der Waals surface area contributed by atoms with Gasteiger partial charge in [-0.25, -0.2) is 0 Å². The fourth-order valence-electron chi connectivity index (χ4n) is 3.14. The van der Waals surface area contributed by atoms with Crippen LogP contribution in [0, 0.1) is 10.1 Å². The predicted octanol–water partition coefficient (Wildman–Crippen LogP) is 3.14. The molecule has 0 radical (unpaired) electrons. The van der Waals surface area contributed by atoms with Gasteiger partial charge in [0.25, 0.3) is 11.6 Å². The lowest BCUT2D eigenvalue weighted by Gasteiger charge is -2.17. The normalized spacial score (nSPS) is 15.8. The third-order valence-corrected chi connectivity index (χ3v) is 5.34. The van der Waals surface area contributed by atoms with E-state index in [1.165, 1.54) is 17.8 Å². The molecule has 3 rings (SSSR count). The Labute approximate surface area is 172 Å². The molecule has 0 aromatic heterocycles. The zero-order valence-electron chi connectivity index (χ0n) is 15.2. The van der Waals surface area contributed by atoms with E-state index in [1.54, 1.807) is 47.6 Å². The van der Waals surface area contributed by atoms with Gasteiger partial charge in [-0.2, -0.15) is 0 Å². The average Bonchev–Trinajstić information content (AvgIpc) is 3.12. The van der Waals surface area contributed by atoms with Crippen LogP contribution in [-0.4, -0.2) is 46.9 Å². The van der Waals surface area contributed by atoms with Gasteiger partial charge in [0, 0.05) is 36.3 Å². The highest BCUT2D eigenvalue weighted by Gasteiger charge is 2.28. The second kappa shape index (κ2) is 9.18. The second-order valence-corrected chi connectivity index (χ2v) is 7.17. The molecule has 0 spiro atoms. The first kappa shape index (κ1) is 21.9. The second-order valence-electron chi connectivity index (χ2n) is 6.32. The molecule has 0 aliphatic carbocycles. The molecule has 7 nitrogen and oxygen atoms in total.